The van der Waals surface area contributed by atoms with Crippen LogP contribution in [0.2, 0.25) is 0 Å². The van der Waals surface area contributed by atoms with Gasteiger partial charge in [0.2, 0.25) is 0 Å². The molecule has 142 valence electrons. The van der Waals surface area contributed by atoms with Crippen molar-refractivity contribution in [3.63, 3.8) is 0 Å². The lowest BCUT2D eigenvalue weighted by Gasteiger charge is -2.33. The molecule has 1 saturated heterocycles. The molecule has 3 heterocycles. The number of benzene rings is 1. The summed E-state index contributed by atoms with van der Waals surface area (Å²) in [6, 6.07) is 12.6. The topological polar surface area (TPSA) is 58.1 Å². The Hall–Kier alpha value is -2.44. The molecule has 6 nitrogen and oxygen atoms in total. The van der Waals surface area contributed by atoms with Gasteiger partial charge in [-0.2, -0.15) is 9.61 Å². The number of aliphatic hydroxyl groups is 1. The molecular weight excluding hydrogens is 338 g/mol. The summed E-state index contributed by atoms with van der Waals surface area (Å²) in [5.41, 5.74) is 4.30. The number of aliphatic hydroxyl groups excluding tert-OH is 1. The SMILES string of the molecule is CCCc1cc(N2CC[NH+](CCO)CC2)n2ncc(-c3ccccc3)c2n1. The quantitative estimate of drug-likeness (QED) is 0.685. The Morgan fingerprint density at radius 3 is 2.63 bits per heavy atom. The number of rotatable bonds is 6. The van der Waals surface area contributed by atoms with E-state index in [1.807, 2.05) is 16.8 Å². The Labute approximate surface area is 160 Å². The van der Waals surface area contributed by atoms with E-state index < -0.39 is 0 Å². The number of nitrogens with one attached hydrogen (secondary N) is 1. The van der Waals surface area contributed by atoms with E-state index in [1.165, 1.54) is 4.90 Å². The van der Waals surface area contributed by atoms with Crippen molar-refractivity contribution in [2.75, 3.05) is 44.2 Å². The first kappa shape index (κ1) is 17.9. The van der Waals surface area contributed by atoms with Gasteiger partial charge in [-0.05, 0) is 12.0 Å². The average molecular weight is 366 g/mol. The molecule has 1 aromatic carbocycles. The lowest BCUT2D eigenvalue weighted by atomic mass is 10.1. The molecule has 27 heavy (non-hydrogen) atoms. The minimum Gasteiger partial charge on any atom is -0.391 e. The molecule has 0 spiro atoms. The van der Waals surface area contributed by atoms with Crippen molar-refractivity contribution in [1.82, 2.24) is 14.6 Å². The van der Waals surface area contributed by atoms with Gasteiger partial charge in [0.1, 0.15) is 12.4 Å². The van der Waals surface area contributed by atoms with Gasteiger partial charge in [0, 0.05) is 17.3 Å². The summed E-state index contributed by atoms with van der Waals surface area (Å²) in [4.78, 5) is 8.82. The van der Waals surface area contributed by atoms with Crippen LogP contribution in [0.4, 0.5) is 5.82 Å². The van der Waals surface area contributed by atoms with Crippen molar-refractivity contribution in [2.24, 2.45) is 0 Å². The number of aryl methyl sites for hydroxylation is 1. The highest BCUT2D eigenvalue weighted by Gasteiger charge is 2.23. The van der Waals surface area contributed by atoms with Crippen LogP contribution in [0, 0.1) is 0 Å². The molecule has 1 fully saturated rings. The van der Waals surface area contributed by atoms with E-state index in [0.29, 0.717) is 0 Å². The number of fused-ring (bicyclic) bond motifs is 1. The first-order valence-corrected chi connectivity index (χ1v) is 9.92. The van der Waals surface area contributed by atoms with Gasteiger partial charge in [0.15, 0.2) is 5.65 Å². The van der Waals surface area contributed by atoms with Crippen LogP contribution in [0.15, 0.2) is 42.6 Å². The predicted molar refractivity (Wildman–Crippen MR) is 107 cm³/mol. The molecular formula is C21H28N5O+. The first-order chi connectivity index (χ1) is 13.3. The van der Waals surface area contributed by atoms with Gasteiger partial charge >= 0.3 is 0 Å². The smallest absolute Gasteiger partial charge is 0.165 e. The number of anilines is 1. The third-order valence-corrected chi connectivity index (χ3v) is 5.36. The van der Waals surface area contributed by atoms with Crippen LogP contribution in [-0.2, 0) is 6.42 Å². The zero-order valence-corrected chi connectivity index (χ0v) is 15.9. The Balaban J connectivity index is 1.73. The second-order valence-electron chi connectivity index (χ2n) is 7.23. The maximum absolute atomic E-state index is 9.19. The maximum Gasteiger partial charge on any atom is 0.165 e. The molecule has 0 atom stereocenters. The van der Waals surface area contributed by atoms with E-state index in [-0.39, 0.29) is 6.61 Å². The average Bonchev–Trinajstić information content (AvgIpc) is 3.13. The van der Waals surface area contributed by atoms with Crippen molar-refractivity contribution < 1.29 is 10.0 Å². The minimum atomic E-state index is 0.259. The Morgan fingerprint density at radius 2 is 1.93 bits per heavy atom. The fraction of sp³-hybridized carbons (Fsp3) is 0.429. The summed E-state index contributed by atoms with van der Waals surface area (Å²) in [6.07, 6.45) is 3.98. The Kier molecular flexibility index (Phi) is 5.36. The van der Waals surface area contributed by atoms with Crippen LogP contribution in [0.1, 0.15) is 19.0 Å². The van der Waals surface area contributed by atoms with Gasteiger partial charge in [0.25, 0.3) is 0 Å². The number of quaternary nitrogens is 1. The standard InChI is InChI=1S/C21H27N5O/c1-2-6-18-15-20(25-11-9-24(10-12-25)13-14-27)26-21(23-18)19(16-22-26)17-7-4-3-5-8-17/h3-5,7-8,15-16,27H,2,6,9-14H2,1H3/p+1. The van der Waals surface area contributed by atoms with Gasteiger partial charge in [0.05, 0.1) is 39.0 Å². The lowest BCUT2D eigenvalue weighted by Crippen LogP contribution is -3.15. The Bertz CT molecular complexity index is 884. The molecule has 2 N–H and O–H groups in total. The first-order valence-electron chi connectivity index (χ1n) is 9.92. The molecule has 0 radical (unpaired) electrons. The molecule has 0 aliphatic carbocycles. The molecule has 3 aromatic rings. The highest BCUT2D eigenvalue weighted by molar-refractivity contribution is 5.78. The molecule has 1 aliphatic heterocycles. The zero-order chi connectivity index (χ0) is 18.6. The van der Waals surface area contributed by atoms with Crippen LogP contribution < -0.4 is 9.80 Å². The fourth-order valence-electron chi connectivity index (χ4n) is 3.89. The molecule has 1 aliphatic rings. The minimum absolute atomic E-state index is 0.259. The van der Waals surface area contributed by atoms with Gasteiger partial charge < -0.3 is 14.9 Å². The van der Waals surface area contributed by atoms with Crippen LogP contribution in [0.25, 0.3) is 16.8 Å². The van der Waals surface area contributed by atoms with Crippen LogP contribution >= 0.6 is 0 Å². The number of hydrogen-bond acceptors (Lipinski definition) is 4. The summed E-state index contributed by atoms with van der Waals surface area (Å²) in [5, 5.41) is 13.9. The molecule has 0 saturated carbocycles. The van der Waals surface area contributed by atoms with Crippen LogP contribution in [-0.4, -0.2) is 59.0 Å². The third-order valence-electron chi connectivity index (χ3n) is 5.36. The molecule has 4 rings (SSSR count). The van der Waals surface area contributed by atoms with Gasteiger partial charge in [-0.3, -0.25) is 0 Å². The molecule has 0 unspecified atom stereocenters. The second-order valence-corrected chi connectivity index (χ2v) is 7.23. The molecule has 6 heteroatoms. The van der Waals surface area contributed by atoms with E-state index in [4.69, 9.17) is 10.1 Å². The second kappa shape index (κ2) is 8.06. The monoisotopic (exact) mass is 366 g/mol. The van der Waals surface area contributed by atoms with Crippen molar-refractivity contribution in [2.45, 2.75) is 19.8 Å². The maximum atomic E-state index is 9.19. The van der Waals surface area contributed by atoms with Crippen molar-refractivity contribution >= 4 is 11.5 Å². The van der Waals surface area contributed by atoms with Crippen molar-refractivity contribution in [3.8, 4) is 11.1 Å². The number of hydrogen-bond donors (Lipinski definition) is 2. The van der Waals surface area contributed by atoms with Gasteiger partial charge in [-0.15, -0.1) is 0 Å². The third kappa shape index (κ3) is 3.68. The predicted octanol–water partition coefficient (Wildman–Crippen LogP) is 1.05. The summed E-state index contributed by atoms with van der Waals surface area (Å²) < 4.78 is 2.00. The summed E-state index contributed by atoms with van der Waals surface area (Å²) in [7, 11) is 0. The lowest BCUT2D eigenvalue weighted by molar-refractivity contribution is -0.900. The van der Waals surface area contributed by atoms with E-state index >= 15 is 0 Å². The van der Waals surface area contributed by atoms with E-state index in [1.54, 1.807) is 0 Å². The fourth-order valence-corrected chi connectivity index (χ4v) is 3.89. The van der Waals surface area contributed by atoms with Gasteiger partial charge in [-0.25, -0.2) is 4.98 Å². The molecule has 0 amide bonds. The zero-order valence-electron chi connectivity index (χ0n) is 15.9. The number of aromatic nitrogens is 3. The number of piperazine rings is 1. The summed E-state index contributed by atoms with van der Waals surface area (Å²) >= 11 is 0. The van der Waals surface area contributed by atoms with E-state index in [2.05, 4.69) is 42.2 Å². The van der Waals surface area contributed by atoms with E-state index in [9.17, 15) is 5.11 Å². The molecule has 2 aromatic heterocycles. The highest BCUT2D eigenvalue weighted by Crippen LogP contribution is 2.27. The largest absolute Gasteiger partial charge is 0.391 e. The van der Waals surface area contributed by atoms with Crippen LogP contribution in [0.5, 0.6) is 0 Å². The van der Waals surface area contributed by atoms with Crippen molar-refractivity contribution in [3.05, 3.63) is 48.3 Å². The number of nitrogens with zero attached hydrogens (tertiary/aromatic N) is 4. The van der Waals surface area contributed by atoms with E-state index in [0.717, 1.165) is 73.9 Å². The Morgan fingerprint density at radius 1 is 1.15 bits per heavy atom. The van der Waals surface area contributed by atoms with Crippen molar-refractivity contribution in [1.29, 1.82) is 0 Å². The van der Waals surface area contributed by atoms with Crippen LogP contribution in [0.3, 0.4) is 0 Å². The van der Waals surface area contributed by atoms with Gasteiger partial charge in [-0.1, -0.05) is 43.7 Å². The molecule has 0 bridgehead atoms. The normalized spacial score (nSPS) is 15.6. The summed E-state index contributed by atoms with van der Waals surface area (Å²) in [6.45, 7) is 7.31. The summed E-state index contributed by atoms with van der Waals surface area (Å²) in [5.74, 6) is 1.13. The highest BCUT2D eigenvalue weighted by atomic mass is 16.3.